The third-order valence-corrected chi connectivity index (χ3v) is 2.76. The summed E-state index contributed by atoms with van der Waals surface area (Å²) in [6.45, 7) is 2.66. The number of nitrogens with one attached hydrogen (secondary N) is 2. The molecule has 0 bridgehead atoms. The van der Waals surface area contributed by atoms with Gasteiger partial charge in [-0.25, -0.2) is 0 Å². The molecule has 5 nitrogen and oxygen atoms in total. The molecule has 1 aliphatic rings. The molecule has 0 unspecified atom stereocenters. The topological polar surface area (TPSA) is 84.2 Å². The van der Waals surface area contributed by atoms with E-state index in [9.17, 15) is 9.59 Å². The van der Waals surface area contributed by atoms with Crippen molar-refractivity contribution in [1.82, 2.24) is 10.6 Å². The lowest BCUT2D eigenvalue weighted by Crippen LogP contribution is -2.50. The Morgan fingerprint density at radius 2 is 1.87 bits per heavy atom. The van der Waals surface area contributed by atoms with E-state index in [-0.39, 0.29) is 5.54 Å². The van der Waals surface area contributed by atoms with Gasteiger partial charge in [-0.1, -0.05) is 12.8 Å². The highest BCUT2D eigenvalue weighted by Gasteiger charge is 2.31. The highest BCUT2D eigenvalue weighted by atomic mass is 16.2. The number of carbonyl (C=O) groups excluding carboxylic acids is 2. The van der Waals surface area contributed by atoms with E-state index in [4.69, 9.17) is 5.73 Å². The molecule has 0 spiro atoms. The van der Waals surface area contributed by atoms with Crippen molar-refractivity contribution in [3.63, 3.8) is 0 Å². The summed E-state index contributed by atoms with van der Waals surface area (Å²) in [5, 5.41) is 5.22. The molecule has 15 heavy (non-hydrogen) atoms. The fraction of sp³-hybridized carbons (Fsp3) is 0.800. The average Bonchev–Trinajstić information content (AvgIpc) is 2.61. The summed E-state index contributed by atoms with van der Waals surface area (Å²) >= 11 is 0. The van der Waals surface area contributed by atoms with Crippen LogP contribution in [0.2, 0.25) is 0 Å². The van der Waals surface area contributed by atoms with Gasteiger partial charge in [0.15, 0.2) is 0 Å². The third-order valence-electron chi connectivity index (χ3n) is 2.76. The van der Waals surface area contributed by atoms with Crippen molar-refractivity contribution in [2.75, 3.05) is 13.1 Å². The van der Waals surface area contributed by atoms with Crippen molar-refractivity contribution in [3.05, 3.63) is 0 Å². The molecule has 0 aromatic carbocycles. The average molecular weight is 213 g/mol. The zero-order valence-electron chi connectivity index (χ0n) is 9.14. The molecule has 1 fully saturated rings. The summed E-state index contributed by atoms with van der Waals surface area (Å²) < 4.78 is 0. The molecule has 0 aromatic heterocycles. The van der Waals surface area contributed by atoms with Crippen LogP contribution in [0.15, 0.2) is 0 Å². The number of rotatable bonds is 3. The quantitative estimate of drug-likeness (QED) is 0.553. The molecule has 86 valence electrons. The standard InChI is InChI=1S/C10H19N3O2/c1-10(4-2-3-5-10)13-9(15)8(14)12-7-6-11/h2-7,11H2,1H3,(H,12,14)(H,13,15). The smallest absolute Gasteiger partial charge is 0.309 e. The van der Waals surface area contributed by atoms with Gasteiger partial charge in [-0.3, -0.25) is 9.59 Å². The first-order valence-corrected chi connectivity index (χ1v) is 5.38. The highest BCUT2D eigenvalue weighted by Crippen LogP contribution is 2.28. The summed E-state index contributed by atoms with van der Waals surface area (Å²) in [7, 11) is 0. The van der Waals surface area contributed by atoms with E-state index in [2.05, 4.69) is 10.6 Å². The zero-order chi connectivity index (χ0) is 11.3. The van der Waals surface area contributed by atoms with Crippen LogP contribution in [0, 0.1) is 0 Å². The summed E-state index contributed by atoms with van der Waals surface area (Å²) in [6.07, 6.45) is 4.12. The van der Waals surface area contributed by atoms with Crippen LogP contribution in [-0.4, -0.2) is 30.4 Å². The van der Waals surface area contributed by atoms with Crippen LogP contribution < -0.4 is 16.4 Å². The Labute approximate surface area is 89.8 Å². The van der Waals surface area contributed by atoms with Crippen LogP contribution in [0.4, 0.5) is 0 Å². The van der Waals surface area contributed by atoms with Gasteiger partial charge >= 0.3 is 11.8 Å². The molecule has 5 heteroatoms. The summed E-state index contributed by atoms with van der Waals surface area (Å²) in [5.74, 6) is -1.14. The van der Waals surface area contributed by atoms with E-state index in [1.165, 1.54) is 0 Å². The minimum Gasteiger partial charge on any atom is -0.347 e. The van der Waals surface area contributed by atoms with Crippen LogP contribution in [0.5, 0.6) is 0 Å². The number of carbonyl (C=O) groups is 2. The second kappa shape index (κ2) is 5.11. The maximum absolute atomic E-state index is 11.4. The molecule has 1 rings (SSSR count). The first-order valence-electron chi connectivity index (χ1n) is 5.38. The molecule has 0 aliphatic heterocycles. The Morgan fingerprint density at radius 1 is 1.27 bits per heavy atom. The van der Waals surface area contributed by atoms with Gasteiger partial charge in [0.1, 0.15) is 0 Å². The van der Waals surface area contributed by atoms with Crippen molar-refractivity contribution >= 4 is 11.8 Å². The Hall–Kier alpha value is -1.10. The predicted molar refractivity (Wildman–Crippen MR) is 57.1 cm³/mol. The van der Waals surface area contributed by atoms with Crippen molar-refractivity contribution in [2.45, 2.75) is 38.1 Å². The first-order chi connectivity index (χ1) is 7.07. The molecule has 4 N–H and O–H groups in total. The lowest BCUT2D eigenvalue weighted by Gasteiger charge is -2.24. The lowest BCUT2D eigenvalue weighted by molar-refractivity contribution is -0.140. The molecule has 1 aliphatic carbocycles. The van der Waals surface area contributed by atoms with Crippen molar-refractivity contribution in [2.24, 2.45) is 5.73 Å². The van der Waals surface area contributed by atoms with Gasteiger partial charge in [-0.2, -0.15) is 0 Å². The summed E-state index contributed by atoms with van der Waals surface area (Å²) in [4.78, 5) is 22.7. The van der Waals surface area contributed by atoms with Gasteiger partial charge in [0.05, 0.1) is 0 Å². The number of nitrogens with two attached hydrogens (primary N) is 1. The molecule has 2 amide bonds. The van der Waals surface area contributed by atoms with Gasteiger partial charge in [-0.05, 0) is 19.8 Å². The van der Waals surface area contributed by atoms with Crippen molar-refractivity contribution < 1.29 is 9.59 Å². The first kappa shape index (κ1) is 12.0. The highest BCUT2D eigenvalue weighted by molar-refractivity contribution is 6.35. The van der Waals surface area contributed by atoms with Crippen LogP contribution in [0.1, 0.15) is 32.6 Å². The van der Waals surface area contributed by atoms with Crippen LogP contribution in [0.3, 0.4) is 0 Å². The van der Waals surface area contributed by atoms with E-state index in [1.54, 1.807) is 0 Å². The lowest BCUT2D eigenvalue weighted by atomic mass is 10.0. The Balaban J connectivity index is 2.37. The Kier molecular flexibility index (Phi) is 4.08. The maximum Gasteiger partial charge on any atom is 0.309 e. The van der Waals surface area contributed by atoms with Crippen LogP contribution in [0.25, 0.3) is 0 Å². The summed E-state index contributed by atoms with van der Waals surface area (Å²) in [6, 6.07) is 0. The molecular formula is C10H19N3O2. The third kappa shape index (κ3) is 3.51. The van der Waals surface area contributed by atoms with Crippen molar-refractivity contribution in [1.29, 1.82) is 0 Å². The van der Waals surface area contributed by atoms with Crippen LogP contribution >= 0.6 is 0 Å². The molecule has 1 saturated carbocycles. The minimum absolute atomic E-state index is 0.197. The van der Waals surface area contributed by atoms with Gasteiger partial charge in [0, 0.05) is 18.6 Å². The minimum atomic E-state index is -0.589. The maximum atomic E-state index is 11.4. The second-order valence-corrected chi connectivity index (χ2v) is 4.27. The van der Waals surface area contributed by atoms with E-state index in [1.807, 2.05) is 6.92 Å². The molecule has 0 heterocycles. The normalized spacial score (nSPS) is 18.5. The largest absolute Gasteiger partial charge is 0.347 e. The molecule has 0 saturated heterocycles. The molecular weight excluding hydrogens is 194 g/mol. The van der Waals surface area contributed by atoms with E-state index >= 15 is 0 Å². The van der Waals surface area contributed by atoms with Gasteiger partial charge in [-0.15, -0.1) is 0 Å². The molecule has 0 radical (unpaired) electrons. The second-order valence-electron chi connectivity index (χ2n) is 4.27. The zero-order valence-corrected chi connectivity index (χ0v) is 9.14. The monoisotopic (exact) mass is 213 g/mol. The number of hydrogen-bond donors (Lipinski definition) is 3. The van der Waals surface area contributed by atoms with Crippen LogP contribution in [-0.2, 0) is 9.59 Å². The van der Waals surface area contributed by atoms with Gasteiger partial charge in [0.25, 0.3) is 0 Å². The summed E-state index contributed by atoms with van der Waals surface area (Å²) in [5.41, 5.74) is 5.02. The molecule has 0 atom stereocenters. The van der Waals surface area contributed by atoms with E-state index in [0.717, 1.165) is 25.7 Å². The molecule has 0 aromatic rings. The SMILES string of the molecule is CC1(NC(=O)C(=O)NCCN)CCCC1. The van der Waals surface area contributed by atoms with Crippen molar-refractivity contribution in [3.8, 4) is 0 Å². The predicted octanol–water partition coefficient (Wildman–Crippen LogP) is -0.490. The Morgan fingerprint density at radius 3 is 2.40 bits per heavy atom. The fourth-order valence-electron chi connectivity index (χ4n) is 1.88. The Bertz CT molecular complexity index is 247. The van der Waals surface area contributed by atoms with Gasteiger partial charge < -0.3 is 16.4 Å². The number of hydrogen-bond acceptors (Lipinski definition) is 3. The number of amides is 2. The van der Waals surface area contributed by atoms with E-state index < -0.39 is 11.8 Å². The van der Waals surface area contributed by atoms with E-state index in [0.29, 0.717) is 13.1 Å². The fourth-order valence-corrected chi connectivity index (χ4v) is 1.88. The van der Waals surface area contributed by atoms with Gasteiger partial charge in [0.2, 0.25) is 0 Å².